The van der Waals surface area contributed by atoms with E-state index in [1.807, 2.05) is 39.5 Å². The maximum absolute atomic E-state index is 13.2. The minimum Gasteiger partial charge on any atom is -0.434 e. The number of aromatic nitrogens is 2. The zero-order valence-electron chi connectivity index (χ0n) is 20.1. The number of hydrogen-bond acceptors (Lipinski definition) is 5. The molecule has 0 N–H and O–H groups in total. The van der Waals surface area contributed by atoms with E-state index in [9.17, 15) is 9.18 Å². The Bertz CT molecular complexity index is 880. The van der Waals surface area contributed by atoms with Gasteiger partial charge in [-0.3, -0.25) is 9.79 Å². The Morgan fingerprint density at radius 3 is 2.50 bits per heavy atom. The van der Waals surface area contributed by atoms with Gasteiger partial charge in [-0.25, -0.2) is 4.39 Å². The monoisotopic (exact) mass is 442 g/mol. The quantitative estimate of drug-likeness (QED) is 0.275. The molecule has 0 bridgehead atoms. The molecule has 2 rings (SSSR count). The van der Waals surface area contributed by atoms with Crippen molar-refractivity contribution in [2.24, 2.45) is 10.9 Å². The predicted molar refractivity (Wildman–Crippen MR) is 128 cm³/mol. The summed E-state index contributed by atoms with van der Waals surface area (Å²) in [6, 6.07) is 3.24. The Morgan fingerprint density at radius 1 is 1.34 bits per heavy atom. The lowest BCUT2D eigenvalue weighted by Crippen LogP contribution is -2.36. The Labute approximate surface area is 191 Å². The molecule has 174 valence electrons. The molecule has 0 unspecified atom stereocenters. The van der Waals surface area contributed by atoms with Crippen molar-refractivity contribution in [2.75, 3.05) is 13.1 Å². The summed E-state index contributed by atoms with van der Waals surface area (Å²) >= 11 is 0. The van der Waals surface area contributed by atoms with E-state index >= 15 is 0 Å². The van der Waals surface area contributed by atoms with Crippen LogP contribution in [0.1, 0.15) is 54.4 Å². The van der Waals surface area contributed by atoms with Gasteiger partial charge in [0, 0.05) is 31.0 Å². The smallest absolute Gasteiger partial charge is 0.267 e. The van der Waals surface area contributed by atoms with E-state index in [1.165, 1.54) is 37.3 Å². The molecule has 7 heteroatoms. The molecule has 6 nitrogen and oxygen atoms in total. The summed E-state index contributed by atoms with van der Waals surface area (Å²) in [4.78, 5) is 18.5. The number of hydrogen-bond donors (Lipinski definition) is 0. The van der Waals surface area contributed by atoms with E-state index in [0.717, 1.165) is 30.3 Å². The van der Waals surface area contributed by atoms with E-state index < -0.39 is 5.83 Å². The molecule has 0 atom stereocenters. The highest BCUT2D eigenvalue weighted by Crippen LogP contribution is 2.29. The van der Waals surface area contributed by atoms with Gasteiger partial charge in [0.1, 0.15) is 5.71 Å². The Kier molecular flexibility index (Phi) is 11.8. The number of nitrogens with zero attached hydrogens (tertiary/aromatic N) is 4. The first-order valence-corrected chi connectivity index (χ1v) is 10.8. The Morgan fingerprint density at radius 2 is 2.03 bits per heavy atom. The minimum absolute atomic E-state index is 0.0630. The standard InChI is InChI=1S/C14H24N2O.C11H11FN2O/c1-6-16(9-13-7-8-13)14(17)12(5)15-11(4)10(2)3;1-3-6-10(9(12)4-2)15-11-7-5-8-13-14-11/h13H,6-9H2,1-5H3;3-8H,1H2,2H3/b;9-4+,10-6+. The molecule has 0 aliphatic heterocycles. The van der Waals surface area contributed by atoms with Crippen LogP contribution in [0.15, 0.2) is 71.0 Å². The van der Waals surface area contributed by atoms with Crippen LogP contribution in [0.2, 0.25) is 0 Å². The van der Waals surface area contributed by atoms with E-state index in [2.05, 4.69) is 21.8 Å². The molecule has 1 saturated carbocycles. The predicted octanol–water partition coefficient (Wildman–Crippen LogP) is 5.82. The first kappa shape index (κ1) is 26.9. The average Bonchev–Trinajstić information content (AvgIpc) is 3.61. The van der Waals surface area contributed by atoms with Gasteiger partial charge in [-0.2, -0.15) is 5.10 Å². The highest BCUT2D eigenvalue weighted by Gasteiger charge is 2.26. The summed E-state index contributed by atoms with van der Waals surface area (Å²) < 4.78 is 18.4. The summed E-state index contributed by atoms with van der Waals surface area (Å²) in [6.45, 7) is 16.5. The molecule has 1 heterocycles. The molecule has 1 aliphatic carbocycles. The van der Waals surface area contributed by atoms with Crippen molar-refractivity contribution in [2.45, 2.75) is 54.4 Å². The number of halogens is 1. The van der Waals surface area contributed by atoms with Gasteiger partial charge >= 0.3 is 0 Å². The van der Waals surface area contributed by atoms with Crippen LogP contribution in [0, 0.1) is 5.92 Å². The number of allylic oxidation sites excluding steroid dienone is 6. The molecular weight excluding hydrogens is 407 g/mol. The van der Waals surface area contributed by atoms with Crippen molar-refractivity contribution in [3.05, 3.63) is 66.0 Å². The number of aliphatic imine (C=N–C) groups is 1. The highest BCUT2D eigenvalue weighted by molar-refractivity contribution is 6.38. The second kappa shape index (κ2) is 14.1. The van der Waals surface area contributed by atoms with E-state index in [1.54, 1.807) is 19.1 Å². The van der Waals surface area contributed by atoms with Crippen LogP contribution in [0.25, 0.3) is 0 Å². The number of ether oxygens (including phenoxy) is 1. The molecule has 1 aromatic rings. The third-order valence-corrected chi connectivity index (χ3v) is 4.73. The molecule has 0 aromatic carbocycles. The maximum Gasteiger partial charge on any atom is 0.267 e. The fourth-order valence-corrected chi connectivity index (χ4v) is 2.47. The van der Waals surface area contributed by atoms with Crippen LogP contribution >= 0.6 is 0 Å². The second-order valence-corrected chi connectivity index (χ2v) is 7.64. The Hall–Kier alpha value is -3.09. The van der Waals surface area contributed by atoms with Gasteiger partial charge in [0.2, 0.25) is 5.88 Å². The van der Waals surface area contributed by atoms with Crippen molar-refractivity contribution in [1.29, 1.82) is 0 Å². The molecule has 1 aromatic heterocycles. The molecule has 1 fully saturated rings. The SMILES string of the molecule is C=C/C=C(Oc1cccnn1)\C(F)=C/C.CCN(CC1CC1)C(=O)C(C)=NC(C)=C(C)C. The van der Waals surface area contributed by atoms with Crippen LogP contribution in [0.4, 0.5) is 4.39 Å². The van der Waals surface area contributed by atoms with Crippen molar-refractivity contribution in [1.82, 2.24) is 15.1 Å². The van der Waals surface area contributed by atoms with Crippen LogP contribution in [-0.4, -0.2) is 39.8 Å². The van der Waals surface area contributed by atoms with Crippen molar-refractivity contribution >= 4 is 11.6 Å². The molecule has 0 radical (unpaired) electrons. The molecule has 0 spiro atoms. The fraction of sp³-hybridized carbons (Fsp3) is 0.440. The van der Waals surface area contributed by atoms with E-state index in [-0.39, 0.29) is 17.5 Å². The van der Waals surface area contributed by atoms with E-state index in [4.69, 9.17) is 4.74 Å². The van der Waals surface area contributed by atoms with Gasteiger partial charge in [0.05, 0.1) is 0 Å². The molecule has 1 aliphatic rings. The van der Waals surface area contributed by atoms with Crippen molar-refractivity contribution in [3.63, 3.8) is 0 Å². The molecule has 32 heavy (non-hydrogen) atoms. The van der Waals surface area contributed by atoms with Gasteiger partial charge < -0.3 is 9.64 Å². The highest BCUT2D eigenvalue weighted by atomic mass is 19.1. The van der Waals surface area contributed by atoms with Crippen LogP contribution in [0.5, 0.6) is 5.88 Å². The third kappa shape index (κ3) is 9.81. The summed E-state index contributed by atoms with van der Waals surface area (Å²) in [6.07, 6.45) is 8.21. The van der Waals surface area contributed by atoms with Gasteiger partial charge in [0.15, 0.2) is 11.6 Å². The number of amides is 1. The van der Waals surface area contributed by atoms with Crippen molar-refractivity contribution < 1.29 is 13.9 Å². The zero-order valence-corrected chi connectivity index (χ0v) is 20.1. The topological polar surface area (TPSA) is 67.7 Å². The summed E-state index contributed by atoms with van der Waals surface area (Å²) in [5, 5.41) is 7.29. The third-order valence-electron chi connectivity index (χ3n) is 4.73. The van der Waals surface area contributed by atoms with Gasteiger partial charge in [-0.1, -0.05) is 18.2 Å². The summed E-state index contributed by atoms with van der Waals surface area (Å²) in [5.41, 5.74) is 2.70. The average molecular weight is 443 g/mol. The number of rotatable bonds is 9. The maximum atomic E-state index is 13.2. The minimum atomic E-state index is -0.472. The summed E-state index contributed by atoms with van der Waals surface area (Å²) in [7, 11) is 0. The van der Waals surface area contributed by atoms with Gasteiger partial charge in [-0.05, 0) is 78.5 Å². The lowest BCUT2D eigenvalue weighted by Gasteiger charge is -2.20. The first-order chi connectivity index (χ1) is 15.2. The fourth-order valence-electron chi connectivity index (χ4n) is 2.47. The summed E-state index contributed by atoms with van der Waals surface area (Å²) in [5.74, 6) is 0.646. The first-order valence-electron chi connectivity index (χ1n) is 10.8. The molecular formula is C25H35FN4O2. The van der Waals surface area contributed by atoms with Gasteiger partial charge in [-0.15, -0.1) is 5.10 Å². The Balaban J connectivity index is 0.000000323. The lowest BCUT2D eigenvalue weighted by atomic mass is 10.2. The van der Waals surface area contributed by atoms with Crippen LogP contribution < -0.4 is 4.74 Å². The molecule has 1 amide bonds. The van der Waals surface area contributed by atoms with E-state index in [0.29, 0.717) is 5.71 Å². The zero-order chi connectivity index (χ0) is 24.1. The van der Waals surface area contributed by atoms with Crippen LogP contribution in [-0.2, 0) is 4.79 Å². The largest absolute Gasteiger partial charge is 0.434 e. The lowest BCUT2D eigenvalue weighted by molar-refractivity contribution is -0.124. The molecule has 0 saturated heterocycles. The van der Waals surface area contributed by atoms with Gasteiger partial charge in [0.25, 0.3) is 5.91 Å². The normalized spacial score (nSPS) is 14.2. The van der Waals surface area contributed by atoms with Crippen molar-refractivity contribution in [3.8, 4) is 5.88 Å². The number of carbonyl (C=O) groups excluding carboxylic acids is 1. The second-order valence-electron chi connectivity index (χ2n) is 7.64. The van der Waals surface area contributed by atoms with Crippen LogP contribution in [0.3, 0.4) is 0 Å². The number of carbonyl (C=O) groups is 1.